The zero-order valence-electron chi connectivity index (χ0n) is 21.8. The first-order chi connectivity index (χ1) is 18.6. The number of likely N-dealkylation sites (tertiary alicyclic amines) is 1. The molecule has 0 radical (unpaired) electrons. The Morgan fingerprint density at radius 1 is 0.641 bits per heavy atom. The highest BCUT2D eigenvalue weighted by molar-refractivity contribution is 8.18. The fourth-order valence-corrected chi connectivity index (χ4v) is 8.15. The van der Waals surface area contributed by atoms with Gasteiger partial charge in [0.15, 0.2) is 0 Å². The maximum Gasteiger partial charge on any atom is 0.123 e. The zero-order valence-corrected chi connectivity index (χ0v) is 24.3. The van der Waals surface area contributed by atoms with Crippen LogP contribution in [0.15, 0.2) is 119 Å². The van der Waals surface area contributed by atoms with Crippen LogP contribution in [0.4, 0.5) is 8.78 Å². The molecule has 0 saturated carbocycles. The van der Waals surface area contributed by atoms with E-state index in [0.29, 0.717) is 0 Å². The lowest BCUT2D eigenvalue weighted by molar-refractivity contribution is 0.220. The third-order valence-electron chi connectivity index (χ3n) is 7.22. The average molecular weight is 582 g/mol. The van der Waals surface area contributed by atoms with Crippen molar-refractivity contribution in [3.63, 3.8) is 0 Å². The molecule has 5 rings (SSSR count). The van der Waals surface area contributed by atoms with Gasteiger partial charge < -0.3 is 4.90 Å². The van der Waals surface area contributed by atoms with E-state index < -0.39 is 0 Å². The Bertz CT molecular complexity index is 1170. The molecule has 0 bridgehead atoms. The normalized spacial score (nSPS) is 15.2. The number of piperidine rings is 1. The Balaban J connectivity index is 0.00000353. The maximum absolute atomic E-state index is 13.6. The van der Waals surface area contributed by atoms with Crippen molar-refractivity contribution in [2.24, 2.45) is 0 Å². The molecule has 0 unspecified atom stereocenters. The predicted molar refractivity (Wildman–Crippen MR) is 164 cm³/mol. The van der Waals surface area contributed by atoms with Crippen LogP contribution >= 0.6 is 35.9 Å². The molecule has 1 nitrogen and oxygen atoms in total. The summed E-state index contributed by atoms with van der Waals surface area (Å²) in [6.45, 7) is 3.16. The van der Waals surface area contributed by atoms with E-state index in [4.69, 9.17) is 0 Å². The number of halogens is 3. The summed E-state index contributed by atoms with van der Waals surface area (Å²) in [6, 6.07) is 35.0. The van der Waals surface area contributed by atoms with Crippen molar-refractivity contribution in [3.8, 4) is 0 Å². The Hall–Kier alpha value is -2.31. The molecule has 4 aromatic rings. The summed E-state index contributed by atoms with van der Waals surface area (Å²) in [5.41, 5.74) is 2.16. The topological polar surface area (TPSA) is 3.24 Å². The molecule has 0 amide bonds. The van der Waals surface area contributed by atoms with Crippen LogP contribution < -0.4 is 0 Å². The molecule has 1 heterocycles. The van der Waals surface area contributed by atoms with Crippen LogP contribution in [0, 0.1) is 11.6 Å². The number of thioether (sulfide) groups is 2. The second kappa shape index (κ2) is 14.4. The first-order valence-electron chi connectivity index (χ1n) is 13.3. The van der Waals surface area contributed by atoms with E-state index in [1.165, 1.54) is 34.1 Å². The zero-order chi connectivity index (χ0) is 26.2. The molecule has 0 spiro atoms. The van der Waals surface area contributed by atoms with Gasteiger partial charge in [0.2, 0.25) is 0 Å². The molecule has 1 saturated heterocycles. The summed E-state index contributed by atoms with van der Waals surface area (Å²) in [6.07, 6.45) is 4.21. The summed E-state index contributed by atoms with van der Waals surface area (Å²) < 4.78 is 27.3. The fraction of sp³-hybridized carbons (Fsp3) is 0.273. The predicted octanol–water partition coefficient (Wildman–Crippen LogP) is 9.68. The van der Waals surface area contributed by atoms with Crippen LogP contribution in [-0.2, 0) is 0 Å². The van der Waals surface area contributed by atoms with Crippen LogP contribution in [0.2, 0.25) is 0 Å². The Labute approximate surface area is 245 Å². The molecule has 0 aromatic heterocycles. The molecule has 6 heteroatoms. The molecule has 39 heavy (non-hydrogen) atoms. The number of nitrogens with zero attached hydrogens (tertiary/aromatic N) is 1. The second-order valence-corrected chi connectivity index (χ2v) is 13.1. The van der Waals surface area contributed by atoms with E-state index in [1.54, 1.807) is 0 Å². The second-order valence-electron chi connectivity index (χ2n) is 9.88. The molecular weight excluding hydrogens is 548 g/mol. The highest BCUT2D eigenvalue weighted by atomic mass is 35.5. The lowest BCUT2D eigenvalue weighted by Gasteiger charge is -2.41. The van der Waals surface area contributed by atoms with E-state index in [-0.39, 0.29) is 34.0 Å². The number of benzene rings is 4. The van der Waals surface area contributed by atoms with Crippen molar-refractivity contribution in [2.75, 3.05) is 19.6 Å². The van der Waals surface area contributed by atoms with Gasteiger partial charge in [0.1, 0.15) is 11.6 Å². The van der Waals surface area contributed by atoms with E-state index in [2.05, 4.69) is 65.6 Å². The van der Waals surface area contributed by atoms with E-state index in [0.717, 1.165) is 56.4 Å². The van der Waals surface area contributed by atoms with Gasteiger partial charge in [0.25, 0.3) is 0 Å². The Kier molecular flexibility index (Phi) is 10.9. The molecular formula is C33H34ClF2NS2. The first kappa shape index (κ1) is 29.7. The summed E-state index contributed by atoms with van der Waals surface area (Å²) >= 11 is 4.02. The van der Waals surface area contributed by atoms with Crippen LogP contribution in [0.25, 0.3) is 0 Å². The minimum Gasteiger partial charge on any atom is -0.303 e. The number of hydrogen-bond acceptors (Lipinski definition) is 3. The van der Waals surface area contributed by atoms with Gasteiger partial charge in [0, 0.05) is 28.8 Å². The van der Waals surface area contributed by atoms with Crippen LogP contribution in [0.3, 0.4) is 0 Å². The third kappa shape index (κ3) is 8.34. The van der Waals surface area contributed by atoms with Gasteiger partial charge in [0.05, 0.1) is 4.08 Å². The quantitative estimate of drug-likeness (QED) is 0.172. The molecule has 1 aliphatic heterocycles. The maximum atomic E-state index is 13.6. The van der Waals surface area contributed by atoms with Crippen molar-refractivity contribution in [1.82, 2.24) is 4.90 Å². The van der Waals surface area contributed by atoms with Crippen molar-refractivity contribution < 1.29 is 8.78 Å². The molecule has 0 aliphatic carbocycles. The van der Waals surface area contributed by atoms with Crippen LogP contribution in [-0.4, -0.2) is 28.6 Å². The van der Waals surface area contributed by atoms with E-state index >= 15 is 0 Å². The average Bonchev–Trinajstić information content (AvgIpc) is 2.95. The minimum absolute atomic E-state index is 0. The fourth-order valence-electron chi connectivity index (χ4n) is 5.18. The van der Waals surface area contributed by atoms with Gasteiger partial charge in [-0.25, -0.2) is 8.78 Å². The van der Waals surface area contributed by atoms with Gasteiger partial charge in [-0.15, -0.1) is 35.9 Å². The third-order valence-corrected chi connectivity index (χ3v) is 10.3. The monoisotopic (exact) mass is 581 g/mol. The first-order valence-corrected chi connectivity index (χ1v) is 14.9. The molecule has 0 N–H and O–H groups in total. The smallest absolute Gasteiger partial charge is 0.123 e. The van der Waals surface area contributed by atoms with Gasteiger partial charge in [-0.05, 0) is 91.9 Å². The Morgan fingerprint density at radius 2 is 1.08 bits per heavy atom. The van der Waals surface area contributed by atoms with Crippen LogP contribution in [0.1, 0.15) is 42.7 Å². The van der Waals surface area contributed by atoms with E-state index in [1.807, 2.05) is 47.8 Å². The summed E-state index contributed by atoms with van der Waals surface area (Å²) in [4.78, 5) is 5.23. The molecule has 1 aliphatic rings. The van der Waals surface area contributed by atoms with Gasteiger partial charge >= 0.3 is 0 Å². The largest absolute Gasteiger partial charge is 0.303 e. The molecule has 1 fully saturated rings. The molecule has 204 valence electrons. The van der Waals surface area contributed by atoms with Crippen molar-refractivity contribution in [1.29, 1.82) is 0 Å². The van der Waals surface area contributed by atoms with Crippen molar-refractivity contribution in [3.05, 3.63) is 132 Å². The van der Waals surface area contributed by atoms with Crippen molar-refractivity contribution >= 4 is 35.9 Å². The summed E-state index contributed by atoms with van der Waals surface area (Å²) in [7, 11) is 0. The molecule has 0 atom stereocenters. The number of rotatable bonds is 10. The molecule has 4 aromatic carbocycles. The van der Waals surface area contributed by atoms with Crippen molar-refractivity contribution in [2.45, 2.75) is 45.5 Å². The summed E-state index contributed by atoms with van der Waals surface area (Å²) in [5.74, 6) is -0.336. The minimum atomic E-state index is -0.231. The summed E-state index contributed by atoms with van der Waals surface area (Å²) in [5, 5.41) is 0. The standard InChI is InChI=1S/C33H33F2NS2.ClH/c34-28-17-13-26(14-18-28)32(27-15-19-29(35)20-16-27)12-7-23-36-24-21-33(22-25-36,37-30-8-3-1-4-9-30)38-31-10-5-2-6-11-31;/h1-6,8-11,13-20,32H,7,12,21-25H2;1H. The number of hydrogen-bond donors (Lipinski definition) is 0. The van der Waals surface area contributed by atoms with Crippen LogP contribution in [0.5, 0.6) is 0 Å². The lowest BCUT2D eigenvalue weighted by atomic mass is 9.87. The highest BCUT2D eigenvalue weighted by Crippen LogP contribution is 2.51. The lowest BCUT2D eigenvalue weighted by Crippen LogP contribution is -2.41. The highest BCUT2D eigenvalue weighted by Gasteiger charge is 2.36. The van der Waals surface area contributed by atoms with Gasteiger partial charge in [-0.1, -0.05) is 60.7 Å². The SMILES string of the molecule is Cl.Fc1ccc(C(CCCN2CCC(Sc3ccccc3)(Sc3ccccc3)CC2)c2ccc(F)cc2)cc1. The van der Waals surface area contributed by atoms with Gasteiger partial charge in [-0.3, -0.25) is 0 Å². The van der Waals surface area contributed by atoms with E-state index in [9.17, 15) is 8.78 Å². The Morgan fingerprint density at radius 3 is 1.51 bits per heavy atom. The van der Waals surface area contributed by atoms with Gasteiger partial charge in [-0.2, -0.15) is 0 Å².